The van der Waals surface area contributed by atoms with Crippen LogP contribution in [0.15, 0.2) is 71.3 Å². The summed E-state index contributed by atoms with van der Waals surface area (Å²) in [5, 5.41) is 5.45. The summed E-state index contributed by atoms with van der Waals surface area (Å²) in [5.41, 5.74) is 1.81. The zero-order valence-electron chi connectivity index (χ0n) is 14.3. The van der Waals surface area contributed by atoms with Crippen LogP contribution in [0.5, 0.6) is 0 Å². The van der Waals surface area contributed by atoms with Gasteiger partial charge in [-0.3, -0.25) is 19.7 Å². The van der Waals surface area contributed by atoms with Crippen molar-refractivity contribution < 1.29 is 18.8 Å². The van der Waals surface area contributed by atoms with Gasteiger partial charge in [0.25, 0.3) is 17.7 Å². The van der Waals surface area contributed by atoms with E-state index in [1.165, 1.54) is 12.3 Å². The number of amides is 3. The lowest BCUT2D eigenvalue weighted by Crippen LogP contribution is -2.34. The summed E-state index contributed by atoms with van der Waals surface area (Å²) in [6, 6.07) is 16.4. The highest BCUT2D eigenvalue weighted by Gasteiger charge is 2.36. The molecule has 0 fully saturated rings. The van der Waals surface area contributed by atoms with Crippen LogP contribution < -0.4 is 15.5 Å². The van der Waals surface area contributed by atoms with Crippen molar-refractivity contribution >= 4 is 46.4 Å². The number of thiocarbonyl (C=S) groups is 1. The van der Waals surface area contributed by atoms with Crippen molar-refractivity contribution in [1.82, 2.24) is 5.32 Å². The molecule has 2 N–H and O–H groups in total. The number of hydrogen-bond donors (Lipinski definition) is 2. The SMILES string of the molecule is O=C(NC(=S)Nc1ccc(N2C(=O)c3ccccc3C2=O)cc1)c1ccco1. The van der Waals surface area contributed by atoms with Gasteiger partial charge in [-0.25, -0.2) is 4.90 Å². The number of carbonyl (C=O) groups is 3. The summed E-state index contributed by atoms with van der Waals surface area (Å²) >= 11 is 5.11. The lowest BCUT2D eigenvalue weighted by molar-refractivity contribution is 0.0922. The Morgan fingerprint density at radius 1 is 0.893 bits per heavy atom. The fourth-order valence-corrected chi connectivity index (χ4v) is 3.06. The lowest BCUT2D eigenvalue weighted by atomic mass is 10.1. The van der Waals surface area contributed by atoms with E-state index in [0.29, 0.717) is 22.5 Å². The summed E-state index contributed by atoms with van der Waals surface area (Å²) in [5.74, 6) is -1.04. The molecule has 1 aromatic heterocycles. The largest absolute Gasteiger partial charge is 0.459 e. The van der Waals surface area contributed by atoms with Gasteiger partial charge in [-0.1, -0.05) is 12.1 Å². The molecule has 0 saturated heterocycles. The molecule has 28 heavy (non-hydrogen) atoms. The van der Waals surface area contributed by atoms with Gasteiger partial charge in [0.15, 0.2) is 10.9 Å². The van der Waals surface area contributed by atoms with Gasteiger partial charge in [0.05, 0.1) is 23.1 Å². The fraction of sp³-hybridized carbons (Fsp3) is 0. The van der Waals surface area contributed by atoms with E-state index >= 15 is 0 Å². The van der Waals surface area contributed by atoms with Crippen molar-refractivity contribution in [3.8, 4) is 0 Å². The molecular formula is C20H13N3O4S. The van der Waals surface area contributed by atoms with Gasteiger partial charge in [-0.15, -0.1) is 0 Å². The van der Waals surface area contributed by atoms with Gasteiger partial charge in [-0.05, 0) is 60.7 Å². The van der Waals surface area contributed by atoms with Crippen LogP contribution in [0.25, 0.3) is 0 Å². The first-order valence-corrected chi connectivity index (χ1v) is 8.69. The lowest BCUT2D eigenvalue weighted by Gasteiger charge is -2.15. The van der Waals surface area contributed by atoms with Crippen LogP contribution in [0.1, 0.15) is 31.3 Å². The molecule has 0 radical (unpaired) electrons. The molecule has 3 amide bonds. The Kier molecular flexibility index (Phi) is 4.46. The van der Waals surface area contributed by atoms with Crippen LogP contribution in [0.2, 0.25) is 0 Å². The van der Waals surface area contributed by atoms with Gasteiger partial charge in [0.2, 0.25) is 0 Å². The third kappa shape index (κ3) is 3.17. The van der Waals surface area contributed by atoms with Crippen LogP contribution >= 0.6 is 12.2 Å². The minimum atomic E-state index is -0.467. The molecular weight excluding hydrogens is 378 g/mol. The first-order valence-electron chi connectivity index (χ1n) is 8.28. The van der Waals surface area contributed by atoms with E-state index in [2.05, 4.69) is 10.6 Å². The number of rotatable bonds is 3. The number of carbonyl (C=O) groups excluding carboxylic acids is 3. The molecule has 138 valence electrons. The first-order chi connectivity index (χ1) is 13.5. The van der Waals surface area contributed by atoms with Gasteiger partial charge < -0.3 is 9.73 Å². The third-order valence-electron chi connectivity index (χ3n) is 4.15. The predicted octanol–water partition coefficient (Wildman–Crippen LogP) is 3.21. The fourth-order valence-electron chi connectivity index (χ4n) is 2.85. The molecule has 1 aliphatic rings. The van der Waals surface area contributed by atoms with E-state index in [1.54, 1.807) is 54.6 Å². The van der Waals surface area contributed by atoms with Crippen molar-refractivity contribution in [1.29, 1.82) is 0 Å². The third-order valence-corrected chi connectivity index (χ3v) is 4.35. The van der Waals surface area contributed by atoms with Crippen LogP contribution in [0, 0.1) is 0 Å². The number of nitrogens with one attached hydrogen (secondary N) is 2. The molecule has 2 aromatic carbocycles. The first kappa shape index (κ1) is 17.6. The highest BCUT2D eigenvalue weighted by molar-refractivity contribution is 7.80. The number of hydrogen-bond acceptors (Lipinski definition) is 5. The molecule has 0 spiro atoms. The Hall–Kier alpha value is -3.78. The Morgan fingerprint density at radius 2 is 1.54 bits per heavy atom. The molecule has 0 bridgehead atoms. The predicted molar refractivity (Wildman–Crippen MR) is 106 cm³/mol. The van der Waals surface area contributed by atoms with Gasteiger partial charge in [-0.2, -0.15) is 0 Å². The Morgan fingerprint density at radius 3 is 2.11 bits per heavy atom. The Balaban J connectivity index is 1.45. The van der Waals surface area contributed by atoms with Gasteiger partial charge in [0, 0.05) is 5.69 Å². The van der Waals surface area contributed by atoms with E-state index in [1.807, 2.05) is 0 Å². The molecule has 1 aliphatic heterocycles. The molecule has 0 unspecified atom stereocenters. The molecule has 0 atom stereocenters. The van der Waals surface area contributed by atoms with E-state index in [9.17, 15) is 14.4 Å². The van der Waals surface area contributed by atoms with Crippen LogP contribution in [0.4, 0.5) is 11.4 Å². The maximum atomic E-state index is 12.5. The molecule has 7 nitrogen and oxygen atoms in total. The summed E-state index contributed by atoms with van der Waals surface area (Å²) in [6.45, 7) is 0. The maximum absolute atomic E-state index is 12.5. The van der Waals surface area contributed by atoms with Crippen molar-refractivity contribution in [3.05, 3.63) is 83.8 Å². The number of fused-ring (bicyclic) bond motifs is 1. The second kappa shape index (κ2) is 7.09. The summed E-state index contributed by atoms with van der Waals surface area (Å²) in [6.07, 6.45) is 1.39. The standard InChI is InChI=1S/C20H13N3O4S/c24-17(16-6-3-11-27-16)22-20(28)21-12-7-9-13(10-8-12)23-18(25)14-4-1-2-5-15(14)19(23)26/h1-11H,(H2,21,22,24,28). The molecule has 0 saturated carbocycles. The van der Waals surface area contributed by atoms with Gasteiger partial charge in [0.1, 0.15) is 0 Å². The van der Waals surface area contributed by atoms with Crippen LogP contribution in [0.3, 0.4) is 0 Å². The number of nitrogens with zero attached hydrogens (tertiary/aromatic N) is 1. The number of anilines is 2. The normalized spacial score (nSPS) is 12.6. The minimum Gasteiger partial charge on any atom is -0.459 e. The number of imide groups is 1. The molecule has 2 heterocycles. The monoisotopic (exact) mass is 391 g/mol. The van der Waals surface area contributed by atoms with Crippen molar-refractivity contribution in [2.45, 2.75) is 0 Å². The molecule has 4 rings (SSSR count). The average molecular weight is 391 g/mol. The molecule has 3 aromatic rings. The molecule has 0 aliphatic carbocycles. The van der Waals surface area contributed by atoms with Gasteiger partial charge >= 0.3 is 0 Å². The van der Waals surface area contributed by atoms with Crippen molar-refractivity contribution in [3.63, 3.8) is 0 Å². The summed E-state index contributed by atoms with van der Waals surface area (Å²) < 4.78 is 5.00. The van der Waals surface area contributed by atoms with E-state index < -0.39 is 5.91 Å². The topological polar surface area (TPSA) is 91.7 Å². The average Bonchev–Trinajstić information content (AvgIpc) is 3.31. The van der Waals surface area contributed by atoms with E-state index in [0.717, 1.165) is 4.90 Å². The second-order valence-electron chi connectivity index (χ2n) is 5.92. The van der Waals surface area contributed by atoms with Crippen molar-refractivity contribution in [2.75, 3.05) is 10.2 Å². The van der Waals surface area contributed by atoms with Crippen molar-refractivity contribution in [2.24, 2.45) is 0 Å². The number of benzene rings is 2. The van der Waals surface area contributed by atoms with E-state index in [4.69, 9.17) is 16.6 Å². The zero-order valence-corrected chi connectivity index (χ0v) is 15.2. The Labute approximate surface area is 164 Å². The maximum Gasteiger partial charge on any atom is 0.293 e. The highest BCUT2D eigenvalue weighted by atomic mass is 32.1. The molecule has 8 heteroatoms. The smallest absolute Gasteiger partial charge is 0.293 e. The zero-order chi connectivity index (χ0) is 19.7. The summed E-state index contributed by atoms with van der Waals surface area (Å²) in [7, 11) is 0. The quantitative estimate of drug-likeness (QED) is 0.526. The highest BCUT2D eigenvalue weighted by Crippen LogP contribution is 2.28. The summed E-state index contributed by atoms with van der Waals surface area (Å²) in [4.78, 5) is 38.1. The Bertz CT molecular complexity index is 1060. The minimum absolute atomic E-state index is 0.0925. The van der Waals surface area contributed by atoms with Crippen LogP contribution in [-0.4, -0.2) is 22.8 Å². The van der Waals surface area contributed by atoms with Crippen LogP contribution in [-0.2, 0) is 0 Å². The van der Waals surface area contributed by atoms with E-state index in [-0.39, 0.29) is 22.7 Å². The second-order valence-corrected chi connectivity index (χ2v) is 6.33. The number of furan rings is 1.